The Morgan fingerprint density at radius 2 is 1.19 bits per heavy atom. The van der Waals surface area contributed by atoms with Gasteiger partial charge in [0.15, 0.2) is 0 Å². The summed E-state index contributed by atoms with van der Waals surface area (Å²) in [5.41, 5.74) is 0. The number of nitrogens with zero attached hydrogens (tertiary/aromatic N) is 1. The largest absolute Gasteiger partial charge is 0.306 e. The summed E-state index contributed by atoms with van der Waals surface area (Å²) in [7, 11) is 4.48. The Labute approximate surface area is 172 Å². The first-order valence-electron chi connectivity index (χ1n) is 11.8. The lowest BCUT2D eigenvalue weighted by molar-refractivity contribution is 0.252. The van der Waals surface area contributed by atoms with Gasteiger partial charge in [-0.15, -0.1) is 6.58 Å². The highest BCUT2D eigenvalue weighted by atomic mass is 15.1. The van der Waals surface area contributed by atoms with E-state index in [1.54, 1.807) is 0 Å². The van der Waals surface area contributed by atoms with Crippen molar-refractivity contribution in [3.63, 3.8) is 0 Å². The molecule has 0 saturated carbocycles. The summed E-state index contributed by atoms with van der Waals surface area (Å²) in [6.07, 6.45) is 32.6. The standard InChI is InChI=1S/C26H49N/c1-5-7-9-11-12-13-14-15-16-17-18-19-20-21-23-25-26(27(3)4)24-22-10-8-6-2/h6,12-13,15-16,26H,2,5,7-11,14,17-25H2,1,3-4H3. The molecule has 0 aliphatic carbocycles. The lowest BCUT2D eigenvalue weighted by atomic mass is 10.00. The molecule has 0 aromatic carbocycles. The molecule has 1 atom stereocenters. The maximum absolute atomic E-state index is 3.82. The van der Waals surface area contributed by atoms with Crippen molar-refractivity contribution in [3.8, 4) is 0 Å². The average molecular weight is 376 g/mol. The van der Waals surface area contributed by atoms with Gasteiger partial charge in [-0.25, -0.2) is 0 Å². The summed E-state index contributed by atoms with van der Waals surface area (Å²) in [5.74, 6) is 0. The van der Waals surface area contributed by atoms with Gasteiger partial charge in [-0.1, -0.05) is 82.2 Å². The maximum atomic E-state index is 3.82. The maximum Gasteiger partial charge on any atom is 0.00891 e. The van der Waals surface area contributed by atoms with Crippen LogP contribution in [0.1, 0.15) is 110 Å². The Kier molecular flexibility index (Phi) is 20.8. The van der Waals surface area contributed by atoms with E-state index in [0.717, 1.165) is 12.5 Å². The molecule has 0 bridgehead atoms. The van der Waals surface area contributed by atoms with E-state index in [9.17, 15) is 0 Å². The zero-order valence-electron chi connectivity index (χ0n) is 18.9. The van der Waals surface area contributed by atoms with E-state index in [1.165, 1.54) is 96.3 Å². The van der Waals surface area contributed by atoms with Gasteiger partial charge >= 0.3 is 0 Å². The number of allylic oxidation sites excluding steroid dienone is 5. The van der Waals surface area contributed by atoms with Crippen LogP contribution >= 0.6 is 0 Å². The van der Waals surface area contributed by atoms with Crippen molar-refractivity contribution in [2.75, 3.05) is 14.1 Å². The fourth-order valence-corrected chi connectivity index (χ4v) is 3.52. The SMILES string of the molecule is C=CCCCCC(CCCCCCCC=CCC=CCCCCC)N(C)C. The van der Waals surface area contributed by atoms with Crippen molar-refractivity contribution in [2.45, 2.75) is 116 Å². The predicted octanol–water partition coefficient (Wildman–Crippen LogP) is 8.48. The molecule has 0 aromatic rings. The lowest BCUT2D eigenvalue weighted by Gasteiger charge is -2.24. The molecule has 27 heavy (non-hydrogen) atoms. The molecule has 0 spiro atoms. The van der Waals surface area contributed by atoms with Gasteiger partial charge in [0.25, 0.3) is 0 Å². The molecular weight excluding hydrogens is 326 g/mol. The number of hydrogen-bond acceptors (Lipinski definition) is 1. The van der Waals surface area contributed by atoms with Gasteiger partial charge in [0, 0.05) is 6.04 Å². The minimum Gasteiger partial charge on any atom is -0.306 e. The zero-order chi connectivity index (χ0) is 20.0. The Bertz CT molecular complexity index is 353. The molecule has 158 valence electrons. The topological polar surface area (TPSA) is 3.24 Å². The second-order valence-corrected chi connectivity index (χ2v) is 8.21. The van der Waals surface area contributed by atoms with Crippen LogP contribution in [0.5, 0.6) is 0 Å². The van der Waals surface area contributed by atoms with E-state index >= 15 is 0 Å². The summed E-state index contributed by atoms with van der Waals surface area (Å²) in [6, 6.07) is 0.771. The van der Waals surface area contributed by atoms with Crippen molar-refractivity contribution >= 4 is 0 Å². The molecule has 1 heteroatoms. The summed E-state index contributed by atoms with van der Waals surface area (Å²) in [5, 5.41) is 0. The number of hydrogen-bond donors (Lipinski definition) is 0. The van der Waals surface area contributed by atoms with Crippen molar-refractivity contribution in [1.82, 2.24) is 4.90 Å². The Morgan fingerprint density at radius 3 is 1.78 bits per heavy atom. The molecule has 0 saturated heterocycles. The van der Waals surface area contributed by atoms with Crippen molar-refractivity contribution < 1.29 is 0 Å². The lowest BCUT2D eigenvalue weighted by Crippen LogP contribution is -2.27. The molecule has 0 aliphatic rings. The summed E-state index contributed by atoms with van der Waals surface area (Å²) in [6.45, 7) is 6.08. The van der Waals surface area contributed by atoms with Gasteiger partial charge < -0.3 is 4.90 Å². The van der Waals surface area contributed by atoms with Crippen LogP contribution in [0.3, 0.4) is 0 Å². The molecule has 0 aliphatic heterocycles. The third-order valence-corrected chi connectivity index (χ3v) is 5.41. The zero-order valence-corrected chi connectivity index (χ0v) is 18.9. The summed E-state index contributed by atoms with van der Waals surface area (Å²) < 4.78 is 0. The van der Waals surface area contributed by atoms with Crippen LogP contribution in [0.25, 0.3) is 0 Å². The van der Waals surface area contributed by atoms with Gasteiger partial charge in [0.2, 0.25) is 0 Å². The third kappa shape index (κ3) is 19.7. The van der Waals surface area contributed by atoms with Crippen LogP contribution < -0.4 is 0 Å². The fraction of sp³-hybridized carbons (Fsp3) is 0.769. The monoisotopic (exact) mass is 375 g/mol. The van der Waals surface area contributed by atoms with E-state index in [4.69, 9.17) is 0 Å². The van der Waals surface area contributed by atoms with Crippen LogP contribution in [-0.2, 0) is 0 Å². The Morgan fingerprint density at radius 1 is 0.667 bits per heavy atom. The molecule has 0 fully saturated rings. The first kappa shape index (κ1) is 26.2. The molecule has 0 N–H and O–H groups in total. The normalized spacial score (nSPS) is 13.2. The van der Waals surface area contributed by atoms with Crippen LogP contribution in [0.4, 0.5) is 0 Å². The van der Waals surface area contributed by atoms with Gasteiger partial charge in [0.05, 0.1) is 0 Å². The predicted molar refractivity (Wildman–Crippen MR) is 125 cm³/mol. The van der Waals surface area contributed by atoms with Crippen LogP contribution in [0.15, 0.2) is 37.0 Å². The summed E-state index contributed by atoms with van der Waals surface area (Å²) in [4.78, 5) is 2.43. The molecular formula is C26H49N. The van der Waals surface area contributed by atoms with E-state index in [0.29, 0.717) is 0 Å². The van der Waals surface area contributed by atoms with E-state index < -0.39 is 0 Å². The van der Waals surface area contributed by atoms with Crippen molar-refractivity contribution in [2.24, 2.45) is 0 Å². The van der Waals surface area contributed by atoms with Crippen LogP contribution in [-0.4, -0.2) is 25.0 Å². The number of rotatable bonds is 20. The number of unbranched alkanes of at least 4 members (excludes halogenated alkanes) is 10. The highest BCUT2D eigenvalue weighted by Crippen LogP contribution is 2.16. The molecule has 0 rings (SSSR count). The second kappa shape index (κ2) is 21.5. The van der Waals surface area contributed by atoms with Crippen molar-refractivity contribution in [1.29, 1.82) is 0 Å². The quantitative estimate of drug-likeness (QED) is 0.152. The fourth-order valence-electron chi connectivity index (χ4n) is 3.52. The molecule has 0 heterocycles. The highest BCUT2D eigenvalue weighted by Gasteiger charge is 2.10. The Hall–Kier alpha value is -0.820. The molecule has 1 nitrogen and oxygen atoms in total. The van der Waals surface area contributed by atoms with Crippen molar-refractivity contribution in [3.05, 3.63) is 37.0 Å². The average Bonchev–Trinajstić information content (AvgIpc) is 2.66. The van der Waals surface area contributed by atoms with Crippen LogP contribution in [0.2, 0.25) is 0 Å². The van der Waals surface area contributed by atoms with Crippen LogP contribution in [0, 0.1) is 0 Å². The van der Waals surface area contributed by atoms with Gasteiger partial charge in [0.1, 0.15) is 0 Å². The minimum atomic E-state index is 0.771. The first-order chi connectivity index (χ1) is 13.2. The highest BCUT2D eigenvalue weighted by molar-refractivity contribution is 4.92. The van der Waals surface area contributed by atoms with E-state index in [1.807, 2.05) is 6.08 Å². The van der Waals surface area contributed by atoms with Gasteiger partial charge in [-0.3, -0.25) is 0 Å². The molecule has 0 amide bonds. The smallest absolute Gasteiger partial charge is 0.00891 e. The molecule has 1 unspecified atom stereocenters. The molecule has 0 aromatic heterocycles. The Balaban J connectivity index is 3.48. The van der Waals surface area contributed by atoms with E-state index in [2.05, 4.69) is 56.8 Å². The molecule has 0 radical (unpaired) electrons. The minimum absolute atomic E-state index is 0.771. The first-order valence-corrected chi connectivity index (χ1v) is 11.8. The third-order valence-electron chi connectivity index (χ3n) is 5.41. The van der Waals surface area contributed by atoms with Gasteiger partial charge in [-0.05, 0) is 71.9 Å². The summed E-state index contributed by atoms with van der Waals surface area (Å²) >= 11 is 0. The van der Waals surface area contributed by atoms with E-state index in [-0.39, 0.29) is 0 Å². The van der Waals surface area contributed by atoms with Gasteiger partial charge in [-0.2, -0.15) is 0 Å². The second-order valence-electron chi connectivity index (χ2n) is 8.21.